The number of hydrogen-bond donors (Lipinski definition) is 2. The van der Waals surface area contributed by atoms with E-state index in [0.29, 0.717) is 12.3 Å². The lowest BCUT2D eigenvalue weighted by Gasteiger charge is -2.39. The van der Waals surface area contributed by atoms with E-state index in [1.54, 1.807) is 12.3 Å². The number of anilines is 1. The van der Waals surface area contributed by atoms with Gasteiger partial charge in [0.15, 0.2) is 5.84 Å². The molecule has 1 aromatic heterocycles. The zero-order valence-corrected chi connectivity index (χ0v) is 10.6. The lowest BCUT2D eigenvalue weighted by atomic mass is 10.1. The summed E-state index contributed by atoms with van der Waals surface area (Å²) in [5.41, 5.74) is 6.80. The van der Waals surface area contributed by atoms with Crippen LogP contribution in [0, 0.1) is 0 Å². The molecule has 1 fully saturated rings. The van der Waals surface area contributed by atoms with Crippen LogP contribution in [-0.2, 0) is 4.74 Å². The van der Waals surface area contributed by atoms with Gasteiger partial charge in [-0.1, -0.05) is 5.16 Å². The fourth-order valence-electron chi connectivity index (χ4n) is 2.01. The molecule has 0 aromatic carbocycles. The first-order valence-corrected chi connectivity index (χ1v) is 5.85. The Morgan fingerprint density at radius 1 is 1.56 bits per heavy atom. The van der Waals surface area contributed by atoms with Crippen LogP contribution in [-0.4, -0.2) is 41.3 Å². The van der Waals surface area contributed by atoms with E-state index < -0.39 is 0 Å². The molecule has 98 valence electrons. The third-order valence-electron chi connectivity index (χ3n) is 2.91. The highest BCUT2D eigenvalue weighted by Crippen LogP contribution is 2.22. The van der Waals surface area contributed by atoms with Crippen LogP contribution in [0.5, 0.6) is 0 Å². The van der Waals surface area contributed by atoms with Gasteiger partial charge in [-0.05, 0) is 26.0 Å². The van der Waals surface area contributed by atoms with Gasteiger partial charge in [0.1, 0.15) is 5.69 Å². The fraction of sp³-hybridized carbons (Fsp3) is 0.500. The molecule has 3 N–H and O–H groups in total. The fourth-order valence-corrected chi connectivity index (χ4v) is 2.01. The lowest BCUT2D eigenvalue weighted by molar-refractivity contribution is -0.0277. The van der Waals surface area contributed by atoms with Gasteiger partial charge in [0, 0.05) is 13.1 Å². The highest BCUT2D eigenvalue weighted by molar-refractivity contribution is 5.95. The first-order chi connectivity index (χ1) is 8.52. The minimum atomic E-state index is -0.150. The van der Waals surface area contributed by atoms with Crippen molar-refractivity contribution in [2.75, 3.05) is 24.6 Å². The van der Waals surface area contributed by atoms with Crippen molar-refractivity contribution in [1.29, 1.82) is 0 Å². The van der Waals surface area contributed by atoms with Crippen molar-refractivity contribution in [2.45, 2.75) is 19.4 Å². The van der Waals surface area contributed by atoms with E-state index in [0.717, 1.165) is 18.8 Å². The van der Waals surface area contributed by atoms with Crippen LogP contribution in [0.4, 0.5) is 5.69 Å². The SMILES string of the molecule is CC1(C)CN(c2ccc(/C(N)=N/O)nc2)CCO1. The van der Waals surface area contributed by atoms with Gasteiger partial charge >= 0.3 is 0 Å². The van der Waals surface area contributed by atoms with Gasteiger partial charge < -0.3 is 20.6 Å². The van der Waals surface area contributed by atoms with Crippen LogP contribution in [0.25, 0.3) is 0 Å². The van der Waals surface area contributed by atoms with E-state index in [4.69, 9.17) is 15.7 Å². The average molecular weight is 250 g/mol. The molecule has 0 bridgehead atoms. The first kappa shape index (κ1) is 12.6. The molecule has 0 aliphatic carbocycles. The van der Waals surface area contributed by atoms with Crippen molar-refractivity contribution < 1.29 is 9.94 Å². The van der Waals surface area contributed by atoms with Crippen LogP contribution < -0.4 is 10.6 Å². The molecule has 2 rings (SSSR count). The van der Waals surface area contributed by atoms with Gasteiger partial charge in [0.2, 0.25) is 0 Å². The van der Waals surface area contributed by atoms with Crippen molar-refractivity contribution in [2.24, 2.45) is 10.9 Å². The van der Waals surface area contributed by atoms with Crippen LogP contribution in [0.3, 0.4) is 0 Å². The zero-order valence-electron chi connectivity index (χ0n) is 10.6. The molecule has 1 aliphatic heterocycles. The van der Waals surface area contributed by atoms with E-state index in [9.17, 15) is 0 Å². The zero-order chi connectivity index (χ0) is 13.2. The second kappa shape index (κ2) is 4.81. The number of nitrogens with zero attached hydrogens (tertiary/aromatic N) is 3. The van der Waals surface area contributed by atoms with E-state index in [-0.39, 0.29) is 11.4 Å². The number of ether oxygens (including phenoxy) is 1. The van der Waals surface area contributed by atoms with Crippen LogP contribution in [0.15, 0.2) is 23.5 Å². The van der Waals surface area contributed by atoms with E-state index in [1.807, 2.05) is 6.07 Å². The second-order valence-corrected chi connectivity index (χ2v) is 4.92. The number of pyridine rings is 1. The minimum absolute atomic E-state index is 0.0175. The van der Waals surface area contributed by atoms with Gasteiger partial charge in [0.05, 0.1) is 24.1 Å². The molecular weight excluding hydrogens is 232 g/mol. The molecule has 0 atom stereocenters. The van der Waals surface area contributed by atoms with Gasteiger partial charge in [-0.2, -0.15) is 0 Å². The molecule has 6 nitrogen and oxygen atoms in total. The Morgan fingerprint density at radius 3 is 2.89 bits per heavy atom. The van der Waals surface area contributed by atoms with Crippen molar-refractivity contribution in [3.8, 4) is 0 Å². The Labute approximate surface area is 106 Å². The molecule has 0 amide bonds. The molecule has 0 radical (unpaired) electrons. The maximum atomic E-state index is 8.57. The highest BCUT2D eigenvalue weighted by Gasteiger charge is 2.27. The number of rotatable bonds is 2. The molecular formula is C12H18N4O2. The molecule has 6 heteroatoms. The third kappa shape index (κ3) is 2.70. The number of nitrogens with two attached hydrogens (primary N) is 1. The Bertz CT molecular complexity index is 442. The van der Waals surface area contributed by atoms with Crippen LogP contribution >= 0.6 is 0 Å². The Balaban J connectivity index is 2.14. The molecule has 1 aromatic rings. The van der Waals surface area contributed by atoms with Gasteiger partial charge in [-0.15, -0.1) is 0 Å². The monoisotopic (exact) mass is 250 g/mol. The standard InChI is InChI=1S/C12H18N4O2/c1-12(2)8-16(5-6-18-12)9-3-4-10(14-7-9)11(13)15-17/h3-4,7,17H,5-6,8H2,1-2H3,(H2,13,15). The maximum Gasteiger partial charge on any atom is 0.188 e. The molecule has 1 saturated heterocycles. The van der Waals surface area contributed by atoms with Crippen LogP contribution in [0.1, 0.15) is 19.5 Å². The predicted octanol–water partition coefficient (Wildman–Crippen LogP) is 0.791. The minimum Gasteiger partial charge on any atom is -0.409 e. The number of hydrogen-bond acceptors (Lipinski definition) is 5. The Kier molecular flexibility index (Phi) is 3.38. The Hall–Kier alpha value is -1.82. The summed E-state index contributed by atoms with van der Waals surface area (Å²) in [5, 5.41) is 11.5. The largest absolute Gasteiger partial charge is 0.409 e. The number of oxime groups is 1. The van der Waals surface area contributed by atoms with Gasteiger partial charge in [-0.25, -0.2) is 0 Å². The summed E-state index contributed by atoms with van der Waals surface area (Å²) in [6, 6.07) is 3.66. The topological polar surface area (TPSA) is 84.0 Å². The van der Waals surface area contributed by atoms with E-state index >= 15 is 0 Å². The van der Waals surface area contributed by atoms with Gasteiger partial charge in [0.25, 0.3) is 0 Å². The van der Waals surface area contributed by atoms with E-state index in [1.165, 1.54) is 0 Å². The molecule has 18 heavy (non-hydrogen) atoms. The smallest absolute Gasteiger partial charge is 0.188 e. The second-order valence-electron chi connectivity index (χ2n) is 4.92. The summed E-state index contributed by atoms with van der Waals surface area (Å²) in [6.45, 7) is 6.50. The van der Waals surface area contributed by atoms with E-state index in [2.05, 4.69) is 28.9 Å². The van der Waals surface area contributed by atoms with Crippen molar-refractivity contribution in [3.05, 3.63) is 24.0 Å². The quantitative estimate of drug-likeness (QED) is 0.351. The molecule has 2 heterocycles. The van der Waals surface area contributed by atoms with Crippen molar-refractivity contribution in [3.63, 3.8) is 0 Å². The summed E-state index contributed by atoms with van der Waals surface area (Å²) >= 11 is 0. The summed E-state index contributed by atoms with van der Waals surface area (Å²) in [4.78, 5) is 6.39. The predicted molar refractivity (Wildman–Crippen MR) is 69.0 cm³/mol. The van der Waals surface area contributed by atoms with Gasteiger partial charge in [-0.3, -0.25) is 4.98 Å². The molecule has 1 aliphatic rings. The van der Waals surface area contributed by atoms with Crippen molar-refractivity contribution >= 4 is 11.5 Å². The van der Waals surface area contributed by atoms with Crippen molar-refractivity contribution in [1.82, 2.24) is 4.98 Å². The normalized spacial score (nSPS) is 19.9. The number of amidine groups is 1. The number of aromatic nitrogens is 1. The summed E-state index contributed by atoms with van der Waals surface area (Å²) in [7, 11) is 0. The third-order valence-corrected chi connectivity index (χ3v) is 2.91. The average Bonchev–Trinajstić information content (AvgIpc) is 2.37. The number of morpholine rings is 1. The highest BCUT2D eigenvalue weighted by atomic mass is 16.5. The molecule has 0 spiro atoms. The Morgan fingerprint density at radius 2 is 2.33 bits per heavy atom. The first-order valence-electron chi connectivity index (χ1n) is 5.85. The lowest BCUT2D eigenvalue weighted by Crippen LogP contribution is -2.48. The van der Waals surface area contributed by atoms with Crippen LogP contribution in [0.2, 0.25) is 0 Å². The summed E-state index contributed by atoms with van der Waals surface area (Å²) < 4.78 is 5.66. The summed E-state index contributed by atoms with van der Waals surface area (Å²) in [6.07, 6.45) is 1.73. The maximum absolute atomic E-state index is 8.57. The molecule has 0 unspecified atom stereocenters. The molecule has 0 saturated carbocycles. The summed E-state index contributed by atoms with van der Waals surface area (Å²) in [5.74, 6) is 0.0175.